The van der Waals surface area contributed by atoms with Crippen LogP contribution in [-0.2, 0) is 0 Å². The smallest absolute Gasteiger partial charge is 0.189 e. The van der Waals surface area contributed by atoms with E-state index in [1.54, 1.807) is 6.07 Å². The lowest BCUT2D eigenvalue weighted by Crippen LogP contribution is -2.03. The standard InChI is InChI=1S/C18H15NO/c1-13-7-10-17-16(11-13)18(20)12-15(19-17)9-8-14-5-3-2-4-6-14/h2-12H,1H3,(H,19,20)/b9-8+. The predicted molar refractivity (Wildman–Crippen MR) is 84.7 cm³/mol. The fourth-order valence-electron chi connectivity index (χ4n) is 2.22. The largest absolute Gasteiger partial charge is 0.355 e. The minimum absolute atomic E-state index is 0.0511. The van der Waals surface area contributed by atoms with Crippen LogP contribution in [0.2, 0.25) is 0 Å². The van der Waals surface area contributed by atoms with Crippen molar-refractivity contribution in [2.75, 3.05) is 0 Å². The van der Waals surface area contributed by atoms with E-state index in [0.717, 1.165) is 27.7 Å². The number of aryl methyl sites for hydroxylation is 1. The highest BCUT2D eigenvalue weighted by atomic mass is 16.1. The Morgan fingerprint density at radius 3 is 2.55 bits per heavy atom. The van der Waals surface area contributed by atoms with E-state index < -0.39 is 0 Å². The number of hydrogen-bond donors (Lipinski definition) is 1. The quantitative estimate of drug-likeness (QED) is 0.743. The molecule has 20 heavy (non-hydrogen) atoms. The number of aromatic nitrogens is 1. The third-order valence-electron chi connectivity index (χ3n) is 3.26. The fourth-order valence-corrected chi connectivity index (χ4v) is 2.22. The minimum Gasteiger partial charge on any atom is -0.355 e. The van der Waals surface area contributed by atoms with Gasteiger partial charge >= 0.3 is 0 Å². The van der Waals surface area contributed by atoms with Crippen LogP contribution in [0.4, 0.5) is 0 Å². The number of nitrogens with one attached hydrogen (secondary N) is 1. The number of benzene rings is 2. The second-order valence-electron chi connectivity index (χ2n) is 4.88. The van der Waals surface area contributed by atoms with Gasteiger partial charge in [-0.1, -0.05) is 48.0 Å². The molecule has 0 bridgehead atoms. The lowest BCUT2D eigenvalue weighted by Gasteiger charge is -2.01. The van der Waals surface area contributed by atoms with Crippen molar-refractivity contribution < 1.29 is 0 Å². The average Bonchev–Trinajstić information content (AvgIpc) is 2.47. The normalized spacial score (nSPS) is 11.2. The molecule has 2 aromatic carbocycles. The van der Waals surface area contributed by atoms with Gasteiger partial charge in [0.1, 0.15) is 0 Å². The molecule has 0 saturated heterocycles. The maximum Gasteiger partial charge on any atom is 0.189 e. The zero-order chi connectivity index (χ0) is 13.9. The summed E-state index contributed by atoms with van der Waals surface area (Å²) < 4.78 is 0. The average molecular weight is 261 g/mol. The Morgan fingerprint density at radius 1 is 0.950 bits per heavy atom. The van der Waals surface area contributed by atoms with E-state index in [4.69, 9.17) is 0 Å². The molecule has 0 aliphatic heterocycles. The Bertz CT molecular complexity index is 829. The number of aromatic amines is 1. The molecule has 1 heterocycles. The summed E-state index contributed by atoms with van der Waals surface area (Å²) in [4.78, 5) is 15.4. The van der Waals surface area contributed by atoms with Crippen LogP contribution in [0.5, 0.6) is 0 Å². The summed E-state index contributed by atoms with van der Waals surface area (Å²) in [5, 5.41) is 0.738. The second kappa shape index (κ2) is 5.17. The zero-order valence-electron chi connectivity index (χ0n) is 11.3. The number of H-pyrrole nitrogens is 1. The fraction of sp³-hybridized carbons (Fsp3) is 0.0556. The van der Waals surface area contributed by atoms with Crippen molar-refractivity contribution in [1.29, 1.82) is 0 Å². The van der Waals surface area contributed by atoms with Crippen LogP contribution in [0.3, 0.4) is 0 Å². The minimum atomic E-state index is 0.0511. The highest BCUT2D eigenvalue weighted by Gasteiger charge is 2.00. The molecule has 0 saturated carbocycles. The molecule has 0 amide bonds. The van der Waals surface area contributed by atoms with Crippen molar-refractivity contribution in [3.8, 4) is 0 Å². The summed E-state index contributed by atoms with van der Waals surface area (Å²) in [5.74, 6) is 0. The van der Waals surface area contributed by atoms with Gasteiger partial charge in [-0.3, -0.25) is 4.79 Å². The molecule has 0 aliphatic carbocycles. The first-order chi connectivity index (χ1) is 9.72. The van der Waals surface area contributed by atoms with Crippen molar-refractivity contribution in [2.24, 2.45) is 0 Å². The first-order valence-corrected chi connectivity index (χ1v) is 6.59. The van der Waals surface area contributed by atoms with Gasteiger partial charge in [0.05, 0.1) is 0 Å². The molecule has 0 unspecified atom stereocenters. The Kier molecular flexibility index (Phi) is 3.21. The highest BCUT2D eigenvalue weighted by molar-refractivity contribution is 5.81. The molecule has 2 heteroatoms. The zero-order valence-corrected chi connectivity index (χ0v) is 11.3. The molecule has 0 fully saturated rings. The molecule has 0 spiro atoms. The Labute approximate surface area is 117 Å². The van der Waals surface area contributed by atoms with Gasteiger partial charge in [0.2, 0.25) is 0 Å². The summed E-state index contributed by atoms with van der Waals surface area (Å²) in [5.41, 5.74) is 3.94. The summed E-state index contributed by atoms with van der Waals surface area (Å²) in [6, 6.07) is 17.5. The van der Waals surface area contributed by atoms with Crippen LogP contribution < -0.4 is 5.43 Å². The van der Waals surface area contributed by atoms with Crippen molar-refractivity contribution in [1.82, 2.24) is 4.98 Å². The molecule has 0 radical (unpaired) electrons. The summed E-state index contributed by atoms with van der Waals surface area (Å²) >= 11 is 0. The van der Waals surface area contributed by atoms with Crippen LogP contribution in [0.1, 0.15) is 16.8 Å². The van der Waals surface area contributed by atoms with Gasteiger partial charge in [0.15, 0.2) is 5.43 Å². The SMILES string of the molecule is Cc1ccc2[nH]c(/C=C/c3ccccc3)cc(=O)c2c1. The summed E-state index contributed by atoms with van der Waals surface area (Å²) in [6.45, 7) is 1.99. The van der Waals surface area contributed by atoms with Crippen molar-refractivity contribution in [3.63, 3.8) is 0 Å². The Morgan fingerprint density at radius 2 is 1.75 bits per heavy atom. The maximum atomic E-state index is 12.1. The second-order valence-corrected chi connectivity index (χ2v) is 4.88. The molecule has 1 N–H and O–H groups in total. The van der Waals surface area contributed by atoms with Gasteiger partial charge in [-0.2, -0.15) is 0 Å². The first kappa shape index (κ1) is 12.4. The van der Waals surface area contributed by atoms with Gasteiger partial charge in [0, 0.05) is 22.7 Å². The highest BCUT2D eigenvalue weighted by Crippen LogP contribution is 2.12. The molecule has 0 atom stereocenters. The number of rotatable bonds is 2. The van der Waals surface area contributed by atoms with E-state index >= 15 is 0 Å². The molecule has 98 valence electrons. The van der Waals surface area contributed by atoms with Crippen LogP contribution in [0.15, 0.2) is 59.4 Å². The van der Waals surface area contributed by atoms with Gasteiger partial charge in [-0.05, 0) is 30.7 Å². The predicted octanol–water partition coefficient (Wildman–Crippen LogP) is 4.01. The monoisotopic (exact) mass is 261 g/mol. The van der Waals surface area contributed by atoms with Crippen molar-refractivity contribution >= 4 is 23.1 Å². The molecular weight excluding hydrogens is 246 g/mol. The number of pyridine rings is 1. The van der Waals surface area contributed by atoms with E-state index in [9.17, 15) is 4.79 Å². The van der Waals surface area contributed by atoms with Gasteiger partial charge in [-0.25, -0.2) is 0 Å². The molecule has 3 aromatic rings. The molecule has 3 rings (SSSR count). The summed E-state index contributed by atoms with van der Waals surface area (Å²) in [7, 11) is 0. The molecule has 2 nitrogen and oxygen atoms in total. The van der Waals surface area contributed by atoms with Crippen LogP contribution in [0.25, 0.3) is 23.1 Å². The summed E-state index contributed by atoms with van der Waals surface area (Å²) in [6.07, 6.45) is 3.92. The first-order valence-electron chi connectivity index (χ1n) is 6.59. The van der Waals surface area contributed by atoms with E-state index in [0.29, 0.717) is 0 Å². The van der Waals surface area contributed by atoms with E-state index in [1.165, 1.54) is 0 Å². The van der Waals surface area contributed by atoms with Gasteiger partial charge < -0.3 is 4.98 Å². The number of hydrogen-bond acceptors (Lipinski definition) is 1. The van der Waals surface area contributed by atoms with Gasteiger partial charge in [0.25, 0.3) is 0 Å². The third-order valence-corrected chi connectivity index (χ3v) is 3.26. The Balaban J connectivity index is 2.03. The van der Waals surface area contributed by atoms with E-state index in [1.807, 2.05) is 67.6 Å². The molecular formula is C18H15NO. The van der Waals surface area contributed by atoms with E-state index in [-0.39, 0.29) is 5.43 Å². The van der Waals surface area contributed by atoms with Crippen molar-refractivity contribution in [2.45, 2.75) is 6.92 Å². The lowest BCUT2D eigenvalue weighted by atomic mass is 10.1. The topological polar surface area (TPSA) is 32.9 Å². The van der Waals surface area contributed by atoms with Gasteiger partial charge in [-0.15, -0.1) is 0 Å². The molecule has 0 aliphatic rings. The number of fused-ring (bicyclic) bond motifs is 1. The van der Waals surface area contributed by atoms with Crippen LogP contribution in [0, 0.1) is 6.92 Å². The van der Waals surface area contributed by atoms with Crippen LogP contribution in [-0.4, -0.2) is 4.98 Å². The molecule has 1 aromatic heterocycles. The maximum absolute atomic E-state index is 12.1. The Hall–Kier alpha value is -2.61. The third kappa shape index (κ3) is 2.54. The lowest BCUT2D eigenvalue weighted by molar-refractivity contribution is 1.34. The van der Waals surface area contributed by atoms with E-state index in [2.05, 4.69) is 4.98 Å². The van der Waals surface area contributed by atoms with Crippen molar-refractivity contribution in [3.05, 3.63) is 81.6 Å². The van der Waals surface area contributed by atoms with Crippen LogP contribution >= 0.6 is 0 Å².